The molecule has 0 heterocycles. The summed E-state index contributed by atoms with van der Waals surface area (Å²) in [4.78, 5) is 12.4. The monoisotopic (exact) mass is 308 g/mol. The summed E-state index contributed by atoms with van der Waals surface area (Å²) < 4.78 is 0. The van der Waals surface area contributed by atoms with Gasteiger partial charge in [-0.25, -0.2) is 5.43 Å². The van der Waals surface area contributed by atoms with Crippen molar-refractivity contribution >= 4 is 5.91 Å². The quantitative estimate of drug-likeness (QED) is 0.598. The molecule has 2 rings (SSSR count). The lowest BCUT2D eigenvalue weighted by Gasteiger charge is -2.38. The Balaban J connectivity index is 2.25. The Hall–Kier alpha value is -2.39. The third kappa shape index (κ3) is 3.88. The number of hydrazine groups is 1. The minimum Gasteiger partial charge on any atom is -0.287 e. The molecule has 0 aliphatic rings. The van der Waals surface area contributed by atoms with E-state index >= 15 is 0 Å². The summed E-state index contributed by atoms with van der Waals surface area (Å²) in [5.41, 5.74) is 7.51. The molecule has 0 unspecified atom stereocenters. The number of benzene rings is 2. The molecule has 1 amide bonds. The van der Waals surface area contributed by atoms with Crippen LogP contribution in [-0.2, 0) is 5.54 Å². The van der Waals surface area contributed by atoms with Crippen LogP contribution in [0, 0.1) is 5.92 Å². The molecule has 0 saturated carbocycles. The Morgan fingerprint density at radius 1 is 1.09 bits per heavy atom. The molecule has 0 aromatic heterocycles. The average molecular weight is 308 g/mol. The first-order valence-corrected chi connectivity index (χ1v) is 7.89. The fourth-order valence-electron chi connectivity index (χ4n) is 2.75. The summed E-state index contributed by atoms with van der Waals surface area (Å²) in [7, 11) is 0. The van der Waals surface area contributed by atoms with Crippen LogP contribution in [0.2, 0.25) is 0 Å². The number of hydrogen-bond donors (Lipinski definition) is 2. The molecular weight excluding hydrogens is 284 g/mol. The van der Waals surface area contributed by atoms with Crippen molar-refractivity contribution in [3.8, 4) is 0 Å². The van der Waals surface area contributed by atoms with E-state index in [1.807, 2.05) is 42.5 Å². The highest BCUT2D eigenvalue weighted by Gasteiger charge is 2.34. The number of hydrogen-bond acceptors (Lipinski definition) is 2. The third-order valence-corrected chi connectivity index (χ3v) is 4.18. The Bertz CT molecular complexity index is 637. The van der Waals surface area contributed by atoms with Crippen LogP contribution in [0.1, 0.15) is 36.2 Å². The summed E-state index contributed by atoms with van der Waals surface area (Å²) >= 11 is 0. The maximum absolute atomic E-state index is 12.4. The highest BCUT2D eigenvalue weighted by Crippen LogP contribution is 2.33. The first-order chi connectivity index (χ1) is 11.1. The molecule has 0 bridgehead atoms. The van der Waals surface area contributed by atoms with E-state index in [1.165, 1.54) is 0 Å². The molecule has 0 radical (unpaired) electrons. The van der Waals surface area contributed by atoms with Gasteiger partial charge in [0.15, 0.2) is 0 Å². The van der Waals surface area contributed by atoms with Gasteiger partial charge in [-0.15, -0.1) is 6.58 Å². The van der Waals surface area contributed by atoms with E-state index in [4.69, 9.17) is 0 Å². The average Bonchev–Trinajstić information content (AvgIpc) is 2.59. The van der Waals surface area contributed by atoms with Crippen molar-refractivity contribution in [2.75, 3.05) is 0 Å². The van der Waals surface area contributed by atoms with Gasteiger partial charge in [-0.2, -0.15) is 0 Å². The zero-order valence-corrected chi connectivity index (χ0v) is 13.8. The molecule has 0 aliphatic carbocycles. The number of rotatable bonds is 7. The minimum absolute atomic E-state index is 0.143. The van der Waals surface area contributed by atoms with Crippen molar-refractivity contribution in [2.45, 2.75) is 25.8 Å². The first-order valence-electron chi connectivity index (χ1n) is 7.89. The van der Waals surface area contributed by atoms with Gasteiger partial charge >= 0.3 is 0 Å². The van der Waals surface area contributed by atoms with Crippen molar-refractivity contribution in [1.29, 1.82) is 0 Å². The smallest absolute Gasteiger partial charge is 0.265 e. The number of amides is 1. The number of carbonyl (C=O) groups is 1. The van der Waals surface area contributed by atoms with E-state index in [9.17, 15) is 4.79 Å². The number of carbonyl (C=O) groups excluding carboxylic acids is 1. The van der Waals surface area contributed by atoms with E-state index < -0.39 is 5.54 Å². The molecule has 120 valence electrons. The second kappa shape index (κ2) is 7.75. The molecule has 0 aliphatic heterocycles. The SMILES string of the molecule is C=CC[C@@](NNC(=O)c1ccccc1)(c1ccccc1)C(C)C. The molecule has 2 aromatic rings. The second-order valence-corrected chi connectivity index (χ2v) is 5.93. The van der Waals surface area contributed by atoms with Crippen LogP contribution in [0.25, 0.3) is 0 Å². The Labute approximate surface area is 138 Å². The molecule has 0 saturated heterocycles. The largest absolute Gasteiger partial charge is 0.287 e. The van der Waals surface area contributed by atoms with Crippen LogP contribution in [0.4, 0.5) is 0 Å². The third-order valence-electron chi connectivity index (χ3n) is 4.18. The summed E-state index contributed by atoms with van der Waals surface area (Å²) in [6.07, 6.45) is 2.60. The Kier molecular flexibility index (Phi) is 5.72. The zero-order valence-electron chi connectivity index (χ0n) is 13.8. The van der Waals surface area contributed by atoms with E-state index in [0.29, 0.717) is 12.0 Å². The normalized spacial score (nSPS) is 13.3. The fourth-order valence-corrected chi connectivity index (χ4v) is 2.75. The highest BCUT2D eigenvalue weighted by molar-refractivity contribution is 5.93. The molecule has 2 N–H and O–H groups in total. The summed E-state index contributed by atoms with van der Waals surface area (Å²) in [6.45, 7) is 8.16. The van der Waals surface area contributed by atoms with E-state index in [0.717, 1.165) is 5.56 Å². The zero-order chi connectivity index (χ0) is 16.7. The Morgan fingerprint density at radius 2 is 1.65 bits per heavy atom. The number of nitrogens with one attached hydrogen (secondary N) is 2. The van der Waals surface area contributed by atoms with Gasteiger partial charge in [-0.1, -0.05) is 68.5 Å². The lowest BCUT2D eigenvalue weighted by Crippen LogP contribution is -2.54. The topological polar surface area (TPSA) is 41.1 Å². The van der Waals surface area contributed by atoms with Gasteiger partial charge < -0.3 is 0 Å². The molecule has 0 fully saturated rings. The summed E-state index contributed by atoms with van der Waals surface area (Å²) in [5, 5.41) is 0. The van der Waals surface area contributed by atoms with Crippen LogP contribution in [0.5, 0.6) is 0 Å². The van der Waals surface area contributed by atoms with Gasteiger partial charge in [0.05, 0.1) is 5.54 Å². The van der Waals surface area contributed by atoms with E-state index in [-0.39, 0.29) is 11.8 Å². The van der Waals surface area contributed by atoms with Crippen LogP contribution in [0.3, 0.4) is 0 Å². The predicted molar refractivity (Wildman–Crippen MR) is 94.8 cm³/mol. The predicted octanol–water partition coefficient (Wildman–Crippen LogP) is 4.05. The van der Waals surface area contributed by atoms with Gasteiger partial charge in [0.1, 0.15) is 0 Å². The van der Waals surface area contributed by atoms with Crippen molar-refractivity contribution in [1.82, 2.24) is 10.9 Å². The molecule has 1 atom stereocenters. The first kappa shape index (κ1) is 17.0. The Morgan fingerprint density at radius 3 is 2.17 bits per heavy atom. The van der Waals surface area contributed by atoms with Crippen molar-refractivity contribution < 1.29 is 4.79 Å². The molecule has 3 nitrogen and oxygen atoms in total. The molecule has 0 spiro atoms. The molecule has 2 aromatic carbocycles. The van der Waals surface area contributed by atoms with Gasteiger partial charge in [0.25, 0.3) is 5.91 Å². The van der Waals surface area contributed by atoms with Crippen LogP contribution < -0.4 is 10.9 Å². The van der Waals surface area contributed by atoms with Crippen LogP contribution >= 0.6 is 0 Å². The van der Waals surface area contributed by atoms with Gasteiger partial charge in [0, 0.05) is 5.56 Å². The van der Waals surface area contributed by atoms with E-state index in [2.05, 4.69) is 43.4 Å². The van der Waals surface area contributed by atoms with Crippen LogP contribution in [0.15, 0.2) is 73.3 Å². The molecule has 23 heavy (non-hydrogen) atoms. The molecular formula is C20H24N2O. The summed E-state index contributed by atoms with van der Waals surface area (Å²) in [5.74, 6) is 0.120. The maximum Gasteiger partial charge on any atom is 0.265 e. The summed E-state index contributed by atoms with van der Waals surface area (Å²) in [6, 6.07) is 19.4. The van der Waals surface area contributed by atoms with Crippen molar-refractivity contribution in [3.63, 3.8) is 0 Å². The van der Waals surface area contributed by atoms with Gasteiger partial charge in [-0.05, 0) is 30.0 Å². The van der Waals surface area contributed by atoms with Gasteiger partial charge in [0.2, 0.25) is 0 Å². The van der Waals surface area contributed by atoms with Crippen LogP contribution in [-0.4, -0.2) is 5.91 Å². The van der Waals surface area contributed by atoms with Crippen molar-refractivity contribution in [3.05, 3.63) is 84.4 Å². The second-order valence-electron chi connectivity index (χ2n) is 5.93. The fraction of sp³-hybridized carbons (Fsp3) is 0.250. The molecule has 3 heteroatoms. The lowest BCUT2D eigenvalue weighted by molar-refractivity contribution is 0.0880. The lowest BCUT2D eigenvalue weighted by atomic mass is 9.78. The highest BCUT2D eigenvalue weighted by atomic mass is 16.2. The standard InChI is InChI=1S/C20H24N2O/c1-4-15-20(16(2)3,18-13-9-6-10-14-18)22-21-19(23)17-11-7-5-8-12-17/h4-14,16,22H,1,15H2,2-3H3,(H,21,23)/t20-/m0/s1. The maximum atomic E-state index is 12.4. The van der Waals surface area contributed by atoms with Crippen molar-refractivity contribution in [2.24, 2.45) is 5.92 Å². The van der Waals surface area contributed by atoms with Gasteiger partial charge in [-0.3, -0.25) is 10.2 Å². The van der Waals surface area contributed by atoms with E-state index in [1.54, 1.807) is 12.1 Å². The minimum atomic E-state index is -0.395.